The minimum Gasteiger partial charge on any atom is -0.481 e. The summed E-state index contributed by atoms with van der Waals surface area (Å²) >= 11 is 6.76. The fourth-order valence-corrected chi connectivity index (χ4v) is 5.52. The number of aromatic nitrogens is 2. The van der Waals surface area contributed by atoms with E-state index in [2.05, 4.69) is 4.98 Å². The minimum absolute atomic E-state index is 0.0402. The predicted octanol–water partition coefficient (Wildman–Crippen LogP) is 8.64. The Bertz CT molecular complexity index is 1970. The monoisotopic (exact) mass is 647 g/mol. The number of rotatable bonds is 9. The summed E-state index contributed by atoms with van der Waals surface area (Å²) < 4.78 is 45.1. The van der Waals surface area contributed by atoms with E-state index in [4.69, 9.17) is 21.0 Å². The van der Waals surface area contributed by atoms with Crippen LogP contribution in [0.25, 0.3) is 22.2 Å². The van der Waals surface area contributed by atoms with Crippen LogP contribution < -0.4 is 0 Å². The van der Waals surface area contributed by atoms with Crippen LogP contribution in [0.4, 0.5) is 13.2 Å². The Hall–Kier alpha value is -4.70. The Morgan fingerprint density at radius 1 is 0.978 bits per heavy atom. The third-order valence-corrected chi connectivity index (χ3v) is 8.60. The van der Waals surface area contributed by atoms with Crippen LogP contribution in [0.3, 0.4) is 0 Å². The van der Waals surface area contributed by atoms with Crippen molar-refractivity contribution in [1.29, 1.82) is 0 Å². The van der Waals surface area contributed by atoms with Crippen LogP contribution in [0.15, 0.2) is 83.4 Å². The van der Waals surface area contributed by atoms with E-state index in [1.807, 2.05) is 6.07 Å². The van der Waals surface area contributed by atoms with Gasteiger partial charge in [0.15, 0.2) is 0 Å². The highest BCUT2D eigenvalue weighted by Gasteiger charge is 2.35. The third-order valence-electron chi connectivity index (χ3n) is 8.25. The summed E-state index contributed by atoms with van der Waals surface area (Å²) in [5, 5.41) is 10.00. The van der Waals surface area contributed by atoms with E-state index < -0.39 is 29.2 Å². The van der Waals surface area contributed by atoms with Crippen molar-refractivity contribution in [3.63, 3.8) is 0 Å². The maximum atomic E-state index is 14.3. The molecule has 0 unspecified atom stereocenters. The third kappa shape index (κ3) is 6.35. The molecular weight excluding hydrogens is 619 g/mol. The number of carboxylic acid groups (broad SMARTS) is 1. The van der Waals surface area contributed by atoms with Crippen molar-refractivity contribution in [2.24, 2.45) is 0 Å². The van der Waals surface area contributed by atoms with E-state index in [1.165, 1.54) is 11.0 Å². The van der Waals surface area contributed by atoms with Gasteiger partial charge in [-0.15, -0.1) is 0 Å². The van der Waals surface area contributed by atoms with Crippen molar-refractivity contribution in [3.8, 4) is 11.1 Å². The van der Waals surface area contributed by atoms with Crippen molar-refractivity contribution in [2.45, 2.75) is 57.3 Å². The molecule has 1 aliphatic rings. The zero-order valence-electron chi connectivity index (χ0n) is 24.9. The first kappa shape index (κ1) is 31.3. The number of fused-ring (bicyclic) bond motifs is 1. The molecule has 1 aliphatic carbocycles. The van der Waals surface area contributed by atoms with Gasteiger partial charge < -0.3 is 14.4 Å². The number of carbonyl (C=O) groups excluding carboxylic acids is 1. The molecule has 1 saturated carbocycles. The normalized spacial score (nSPS) is 13.6. The molecule has 1 amide bonds. The van der Waals surface area contributed by atoms with Gasteiger partial charge in [0.25, 0.3) is 5.91 Å². The van der Waals surface area contributed by atoms with E-state index in [1.54, 1.807) is 74.6 Å². The first-order valence-corrected chi connectivity index (χ1v) is 15.0. The number of nitrogens with zero attached hydrogens (tertiary/aromatic N) is 3. The predicted molar refractivity (Wildman–Crippen MR) is 166 cm³/mol. The molecular formula is C35H29ClF3N3O4. The van der Waals surface area contributed by atoms with Crippen LogP contribution >= 0.6 is 11.6 Å². The summed E-state index contributed by atoms with van der Waals surface area (Å²) in [7, 11) is 0. The smallest absolute Gasteiger partial charge is 0.449 e. The van der Waals surface area contributed by atoms with Crippen molar-refractivity contribution in [3.05, 3.63) is 118 Å². The molecule has 0 bridgehead atoms. The number of hydrogen-bond acceptors (Lipinski definition) is 5. The first-order chi connectivity index (χ1) is 21.8. The van der Waals surface area contributed by atoms with Crippen LogP contribution in [0, 0.1) is 0 Å². The van der Waals surface area contributed by atoms with Crippen molar-refractivity contribution < 1.29 is 32.3 Å². The molecule has 11 heteroatoms. The van der Waals surface area contributed by atoms with E-state index in [-0.39, 0.29) is 24.8 Å². The lowest BCUT2D eigenvalue weighted by atomic mass is 9.83. The highest BCUT2D eigenvalue weighted by molar-refractivity contribution is 6.31. The number of benzene rings is 2. The highest BCUT2D eigenvalue weighted by Crippen LogP contribution is 2.40. The second-order valence-electron chi connectivity index (χ2n) is 12.0. The Labute approximate surface area is 267 Å². The molecule has 0 atom stereocenters. The Morgan fingerprint density at radius 3 is 2.41 bits per heavy atom. The molecule has 2 aromatic carbocycles. The molecule has 7 nitrogen and oxygen atoms in total. The SMILES string of the molecule is CC(C)(C(=O)O)c1cccc(-c2ccc(CN(Cc3ccc(C(F)(F)F)o3)C(=O)c3cc(C4CC4)nc4cccnc34)c(Cl)c2)c1. The number of hydrogen-bond donors (Lipinski definition) is 1. The number of furan rings is 1. The average molecular weight is 648 g/mol. The maximum absolute atomic E-state index is 14.3. The van der Waals surface area contributed by atoms with E-state index >= 15 is 0 Å². The number of amides is 1. The quantitative estimate of drug-likeness (QED) is 0.172. The summed E-state index contributed by atoms with van der Waals surface area (Å²) in [6, 6.07) is 19.7. The van der Waals surface area contributed by atoms with Gasteiger partial charge in [0.05, 0.1) is 23.0 Å². The number of alkyl halides is 3. The molecule has 6 rings (SSSR count). The zero-order chi connectivity index (χ0) is 32.8. The average Bonchev–Trinajstić information content (AvgIpc) is 3.77. The summed E-state index contributed by atoms with van der Waals surface area (Å²) in [6.45, 7) is 2.96. The topological polar surface area (TPSA) is 96.5 Å². The number of halogens is 4. The van der Waals surface area contributed by atoms with Gasteiger partial charge in [-0.1, -0.05) is 48.0 Å². The molecule has 3 aromatic heterocycles. The molecule has 3 heterocycles. The van der Waals surface area contributed by atoms with E-state index in [0.717, 1.165) is 35.7 Å². The summed E-state index contributed by atoms with van der Waals surface area (Å²) in [5.74, 6) is -2.37. The van der Waals surface area contributed by atoms with Crippen molar-refractivity contribution in [2.75, 3.05) is 0 Å². The fraction of sp³-hybridized carbons (Fsp3) is 0.257. The largest absolute Gasteiger partial charge is 0.481 e. The van der Waals surface area contributed by atoms with Crippen LogP contribution in [-0.2, 0) is 29.5 Å². The molecule has 236 valence electrons. The van der Waals surface area contributed by atoms with Crippen molar-refractivity contribution >= 4 is 34.5 Å². The van der Waals surface area contributed by atoms with Crippen LogP contribution in [-0.4, -0.2) is 31.9 Å². The second kappa shape index (κ2) is 11.9. The maximum Gasteiger partial charge on any atom is 0.449 e. The lowest BCUT2D eigenvalue weighted by Crippen LogP contribution is -2.30. The van der Waals surface area contributed by atoms with Gasteiger partial charge in [-0.2, -0.15) is 13.2 Å². The second-order valence-corrected chi connectivity index (χ2v) is 12.4. The molecule has 5 aromatic rings. The van der Waals surface area contributed by atoms with Gasteiger partial charge in [-0.25, -0.2) is 0 Å². The molecule has 1 fully saturated rings. The Morgan fingerprint density at radius 2 is 1.74 bits per heavy atom. The van der Waals surface area contributed by atoms with Gasteiger partial charge >= 0.3 is 12.1 Å². The van der Waals surface area contributed by atoms with E-state index in [0.29, 0.717) is 32.7 Å². The molecule has 0 spiro atoms. The Kier molecular flexibility index (Phi) is 8.10. The van der Waals surface area contributed by atoms with Gasteiger partial charge in [0.1, 0.15) is 11.3 Å². The van der Waals surface area contributed by atoms with Crippen LogP contribution in [0.5, 0.6) is 0 Å². The molecule has 0 radical (unpaired) electrons. The molecule has 0 aliphatic heterocycles. The van der Waals surface area contributed by atoms with Gasteiger partial charge in [-0.05, 0) is 85.3 Å². The lowest BCUT2D eigenvalue weighted by Gasteiger charge is -2.24. The van der Waals surface area contributed by atoms with E-state index in [9.17, 15) is 27.9 Å². The zero-order valence-corrected chi connectivity index (χ0v) is 25.7. The van der Waals surface area contributed by atoms with Crippen LogP contribution in [0.1, 0.15) is 71.3 Å². The minimum atomic E-state index is -4.67. The molecule has 1 N–H and O–H groups in total. The summed E-state index contributed by atoms with van der Waals surface area (Å²) in [4.78, 5) is 36.6. The number of carbonyl (C=O) groups is 2. The lowest BCUT2D eigenvalue weighted by molar-refractivity contribution is -0.153. The van der Waals surface area contributed by atoms with Gasteiger partial charge in [0, 0.05) is 29.4 Å². The van der Waals surface area contributed by atoms with Crippen molar-refractivity contribution in [1.82, 2.24) is 14.9 Å². The van der Waals surface area contributed by atoms with Gasteiger partial charge in [0.2, 0.25) is 5.76 Å². The Balaban J connectivity index is 1.36. The highest BCUT2D eigenvalue weighted by atomic mass is 35.5. The number of aliphatic carboxylic acids is 1. The summed E-state index contributed by atoms with van der Waals surface area (Å²) in [6.07, 6.45) is -1.19. The molecule has 46 heavy (non-hydrogen) atoms. The van der Waals surface area contributed by atoms with Gasteiger partial charge in [-0.3, -0.25) is 19.6 Å². The van der Waals surface area contributed by atoms with Crippen LogP contribution in [0.2, 0.25) is 5.02 Å². The summed E-state index contributed by atoms with van der Waals surface area (Å²) in [5.41, 5.74) is 3.57. The fourth-order valence-electron chi connectivity index (χ4n) is 5.28. The standard InChI is InChI=1S/C35H29ClF3N3O4/c1-34(2,33(44)45)24-6-3-5-21(15-24)22-10-11-23(27(36)16-22)18-42(19-25-12-13-30(46-25)35(37,38)39)32(43)26-17-29(20-8-9-20)41-28-7-4-14-40-31(26)28/h3-7,10-17,20H,8-9,18-19H2,1-2H3,(H,44,45). The molecule has 0 saturated heterocycles. The number of pyridine rings is 2. The number of carboxylic acids is 1. The first-order valence-electron chi connectivity index (χ1n) is 14.6.